The lowest BCUT2D eigenvalue weighted by atomic mass is 9.69. The summed E-state index contributed by atoms with van der Waals surface area (Å²) in [6.07, 6.45) is 4.50. The van der Waals surface area contributed by atoms with E-state index in [-0.39, 0.29) is 12.1 Å². The van der Waals surface area contributed by atoms with Crippen LogP contribution in [-0.2, 0) is 0 Å². The van der Waals surface area contributed by atoms with Crippen molar-refractivity contribution in [2.24, 2.45) is 11.7 Å². The number of rotatable bonds is 2. The minimum absolute atomic E-state index is 0.0704. The molecule has 2 aliphatic rings. The molecule has 14 heavy (non-hydrogen) atoms. The fourth-order valence-electron chi connectivity index (χ4n) is 2.86. The van der Waals surface area contributed by atoms with E-state index in [0.29, 0.717) is 18.8 Å². The number of hydrogen-bond acceptors (Lipinski definition) is 2. The second-order valence-corrected chi connectivity index (χ2v) is 5.01. The number of hydrogen-bond donors (Lipinski definition) is 2. The fraction of sp³-hybridized carbons (Fsp3) is 1.00. The zero-order chi connectivity index (χ0) is 10.2. The highest BCUT2D eigenvalue weighted by Crippen LogP contribution is 2.41. The van der Waals surface area contributed by atoms with Gasteiger partial charge in [-0.2, -0.15) is 0 Å². The van der Waals surface area contributed by atoms with Crippen LogP contribution < -0.4 is 11.1 Å². The molecule has 3 heteroatoms. The first kappa shape index (κ1) is 10.4. The lowest BCUT2D eigenvalue weighted by molar-refractivity contribution is -0.0124. The van der Waals surface area contributed by atoms with Gasteiger partial charge in [0.05, 0.1) is 0 Å². The van der Waals surface area contributed by atoms with Crippen LogP contribution in [0.3, 0.4) is 0 Å². The van der Waals surface area contributed by atoms with Gasteiger partial charge < -0.3 is 11.1 Å². The third kappa shape index (κ3) is 1.80. The molecular formula is C11H21FN2. The largest absolute Gasteiger partial charge is 0.327 e. The van der Waals surface area contributed by atoms with Crippen molar-refractivity contribution in [1.82, 2.24) is 5.32 Å². The summed E-state index contributed by atoms with van der Waals surface area (Å²) in [6, 6.07) is 0.171. The predicted octanol–water partition coefficient (Wildman–Crippen LogP) is 1.59. The molecule has 0 aromatic carbocycles. The van der Waals surface area contributed by atoms with E-state index in [1.165, 1.54) is 12.8 Å². The third-order valence-electron chi connectivity index (χ3n) is 3.92. The van der Waals surface area contributed by atoms with E-state index in [9.17, 15) is 4.39 Å². The first-order chi connectivity index (χ1) is 6.64. The molecule has 0 amide bonds. The standard InChI is InChI=1S/C11H21FN2/c1-2-8-3-4-14-10(5-8)11(12)6-9(13)7-11/h8-10,14H,2-7,13H2,1H3. The molecule has 0 aromatic rings. The predicted molar refractivity (Wildman–Crippen MR) is 55.9 cm³/mol. The number of halogens is 1. The monoisotopic (exact) mass is 200 g/mol. The van der Waals surface area contributed by atoms with E-state index in [1.54, 1.807) is 0 Å². The zero-order valence-electron chi connectivity index (χ0n) is 8.93. The Labute approximate surface area is 85.4 Å². The Balaban J connectivity index is 1.91. The van der Waals surface area contributed by atoms with E-state index in [2.05, 4.69) is 12.2 Å². The van der Waals surface area contributed by atoms with Gasteiger partial charge in [0.15, 0.2) is 0 Å². The maximum Gasteiger partial charge on any atom is 0.129 e. The Morgan fingerprint density at radius 1 is 1.50 bits per heavy atom. The van der Waals surface area contributed by atoms with Gasteiger partial charge in [-0.1, -0.05) is 13.3 Å². The maximum atomic E-state index is 14.2. The average molecular weight is 200 g/mol. The Morgan fingerprint density at radius 2 is 2.21 bits per heavy atom. The highest BCUT2D eigenvalue weighted by atomic mass is 19.1. The van der Waals surface area contributed by atoms with Gasteiger partial charge >= 0.3 is 0 Å². The van der Waals surface area contributed by atoms with Gasteiger partial charge in [0.25, 0.3) is 0 Å². The van der Waals surface area contributed by atoms with Gasteiger partial charge in [0.1, 0.15) is 5.67 Å². The second kappa shape index (κ2) is 3.78. The summed E-state index contributed by atoms with van der Waals surface area (Å²) in [5, 5.41) is 3.32. The SMILES string of the molecule is CCC1CCNC(C2(F)CC(N)C2)C1. The Kier molecular flexibility index (Phi) is 2.80. The molecule has 0 spiro atoms. The molecule has 1 saturated carbocycles. The van der Waals surface area contributed by atoms with Crippen LogP contribution in [0.5, 0.6) is 0 Å². The van der Waals surface area contributed by atoms with Crippen molar-refractivity contribution in [2.75, 3.05) is 6.54 Å². The first-order valence-electron chi connectivity index (χ1n) is 5.82. The van der Waals surface area contributed by atoms with E-state index in [4.69, 9.17) is 5.73 Å². The van der Waals surface area contributed by atoms with Crippen LogP contribution in [0.25, 0.3) is 0 Å². The molecule has 1 heterocycles. The second-order valence-electron chi connectivity index (χ2n) is 5.01. The average Bonchev–Trinajstić information content (AvgIpc) is 2.16. The van der Waals surface area contributed by atoms with Crippen LogP contribution >= 0.6 is 0 Å². The summed E-state index contributed by atoms with van der Waals surface area (Å²) in [6.45, 7) is 3.18. The van der Waals surface area contributed by atoms with Gasteiger partial charge in [-0.25, -0.2) is 4.39 Å². The van der Waals surface area contributed by atoms with Gasteiger partial charge in [0, 0.05) is 12.1 Å². The maximum absolute atomic E-state index is 14.2. The van der Waals surface area contributed by atoms with Crippen LogP contribution in [0.1, 0.15) is 39.0 Å². The number of nitrogens with one attached hydrogen (secondary N) is 1. The Hall–Kier alpha value is -0.150. The van der Waals surface area contributed by atoms with E-state index in [1.807, 2.05) is 0 Å². The number of nitrogens with two attached hydrogens (primary N) is 1. The van der Waals surface area contributed by atoms with Crippen LogP contribution in [0.2, 0.25) is 0 Å². The lowest BCUT2D eigenvalue weighted by Gasteiger charge is -2.47. The molecule has 82 valence electrons. The summed E-state index contributed by atoms with van der Waals surface area (Å²) < 4.78 is 14.2. The quantitative estimate of drug-likeness (QED) is 0.710. The van der Waals surface area contributed by atoms with Crippen LogP contribution in [0.15, 0.2) is 0 Å². The molecule has 2 rings (SSSR count). The molecule has 1 aliphatic heterocycles. The van der Waals surface area contributed by atoms with Crippen LogP contribution in [0, 0.1) is 5.92 Å². The van der Waals surface area contributed by atoms with Crippen molar-refractivity contribution in [1.29, 1.82) is 0 Å². The van der Waals surface area contributed by atoms with Crippen molar-refractivity contribution < 1.29 is 4.39 Å². The van der Waals surface area contributed by atoms with Gasteiger partial charge in [-0.05, 0) is 38.1 Å². The smallest absolute Gasteiger partial charge is 0.129 e. The molecular weight excluding hydrogens is 179 g/mol. The summed E-state index contributed by atoms with van der Waals surface area (Å²) in [5.41, 5.74) is 4.67. The lowest BCUT2D eigenvalue weighted by Crippen LogP contribution is -2.61. The zero-order valence-corrected chi connectivity index (χ0v) is 8.93. The van der Waals surface area contributed by atoms with Crippen molar-refractivity contribution >= 4 is 0 Å². The summed E-state index contributed by atoms with van der Waals surface area (Å²) >= 11 is 0. The van der Waals surface area contributed by atoms with Crippen molar-refractivity contribution in [3.8, 4) is 0 Å². The fourth-order valence-corrected chi connectivity index (χ4v) is 2.86. The van der Waals surface area contributed by atoms with Gasteiger partial charge in [0.2, 0.25) is 0 Å². The normalized spacial score (nSPS) is 48.6. The molecule has 3 N–H and O–H groups in total. The molecule has 2 atom stereocenters. The first-order valence-corrected chi connectivity index (χ1v) is 5.82. The van der Waals surface area contributed by atoms with E-state index >= 15 is 0 Å². The van der Waals surface area contributed by atoms with Gasteiger partial charge in [-0.15, -0.1) is 0 Å². The molecule has 2 fully saturated rings. The van der Waals surface area contributed by atoms with Crippen LogP contribution in [0.4, 0.5) is 4.39 Å². The van der Waals surface area contributed by atoms with E-state index < -0.39 is 5.67 Å². The summed E-state index contributed by atoms with van der Waals surface area (Å²) in [7, 11) is 0. The number of piperidine rings is 1. The molecule has 1 aliphatic carbocycles. The molecule has 0 aromatic heterocycles. The van der Waals surface area contributed by atoms with Crippen molar-refractivity contribution in [2.45, 2.75) is 56.8 Å². The Bertz CT molecular complexity index is 201. The minimum Gasteiger partial charge on any atom is -0.327 e. The molecule has 0 bridgehead atoms. The molecule has 2 unspecified atom stereocenters. The van der Waals surface area contributed by atoms with Crippen molar-refractivity contribution in [3.05, 3.63) is 0 Å². The highest BCUT2D eigenvalue weighted by molar-refractivity contribution is 5.06. The number of alkyl halides is 1. The summed E-state index contributed by atoms with van der Waals surface area (Å²) in [4.78, 5) is 0. The van der Waals surface area contributed by atoms with Crippen LogP contribution in [-0.4, -0.2) is 24.3 Å². The van der Waals surface area contributed by atoms with E-state index in [0.717, 1.165) is 13.0 Å². The van der Waals surface area contributed by atoms with Gasteiger partial charge in [-0.3, -0.25) is 0 Å². The Morgan fingerprint density at radius 3 is 2.79 bits per heavy atom. The molecule has 0 radical (unpaired) electrons. The third-order valence-corrected chi connectivity index (χ3v) is 3.92. The topological polar surface area (TPSA) is 38.0 Å². The molecule has 2 nitrogen and oxygen atoms in total. The van der Waals surface area contributed by atoms with Crippen molar-refractivity contribution in [3.63, 3.8) is 0 Å². The minimum atomic E-state index is -0.993. The summed E-state index contributed by atoms with van der Waals surface area (Å²) in [5.74, 6) is 0.714. The molecule has 1 saturated heterocycles. The highest BCUT2D eigenvalue weighted by Gasteiger charge is 2.49.